The van der Waals surface area contributed by atoms with Gasteiger partial charge >= 0.3 is 0 Å². The Morgan fingerprint density at radius 3 is 2.72 bits per heavy atom. The van der Waals surface area contributed by atoms with Crippen LogP contribution in [-0.4, -0.2) is 78.9 Å². The second kappa shape index (κ2) is 11.1. The number of aromatic amines is 1. The van der Waals surface area contributed by atoms with Crippen LogP contribution in [0, 0.1) is 6.92 Å². The highest BCUT2D eigenvalue weighted by atomic mass is 32.2. The van der Waals surface area contributed by atoms with Crippen molar-refractivity contribution in [1.82, 2.24) is 29.2 Å². The third-order valence-corrected chi connectivity index (χ3v) is 7.65. The number of benzene rings is 1. The molecule has 1 aliphatic heterocycles. The normalized spacial score (nSPS) is 14.9. The molecule has 2 N–H and O–H groups in total. The van der Waals surface area contributed by atoms with Crippen molar-refractivity contribution in [2.24, 2.45) is 0 Å². The molecule has 36 heavy (non-hydrogen) atoms. The minimum absolute atomic E-state index is 0.0807. The van der Waals surface area contributed by atoms with Gasteiger partial charge in [-0.25, -0.2) is 22.6 Å². The molecule has 1 saturated heterocycles. The van der Waals surface area contributed by atoms with E-state index in [9.17, 15) is 13.2 Å². The summed E-state index contributed by atoms with van der Waals surface area (Å²) in [6.45, 7) is 8.86. The highest BCUT2D eigenvalue weighted by Crippen LogP contribution is 2.30. The van der Waals surface area contributed by atoms with E-state index in [1.807, 2.05) is 13.8 Å². The maximum atomic E-state index is 13.2. The summed E-state index contributed by atoms with van der Waals surface area (Å²) in [7, 11) is -2.12. The van der Waals surface area contributed by atoms with Crippen molar-refractivity contribution in [3.05, 3.63) is 40.1 Å². The largest absolute Gasteiger partial charge is 0.493 e. The maximum Gasteiger partial charge on any atom is 0.277 e. The van der Waals surface area contributed by atoms with Crippen molar-refractivity contribution >= 4 is 15.5 Å². The van der Waals surface area contributed by atoms with Crippen LogP contribution in [0.1, 0.15) is 38.2 Å². The molecule has 11 nitrogen and oxygen atoms in total. The predicted octanol–water partition coefficient (Wildman–Crippen LogP) is 1.74. The van der Waals surface area contributed by atoms with Gasteiger partial charge in [0, 0.05) is 45.8 Å². The van der Waals surface area contributed by atoms with Crippen molar-refractivity contribution in [3.8, 4) is 17.1 Å². The molecule has 0 aliphatic carbocycles. The van der Waals surface area contributed by atoms with E-state index in [1.165, 1.54) is 12.1 Å². The van der Waals surface area contributed by atoms with Crippen LogP contribution in [0.3, 0.4) is 0 Å². The Balaban J connectivity index is 1.65. The highest BCUT2D eigenvalue weighted by Gasteiger charge is 2.31. The highest BCUT2D eigenvalue weighted by molar-refractivity contribution is 7.89. The van der Waals surface area contributed by atoms with E-state index in [0.29, 0.717) is 61.1 Å². The van der Waals surface area contributed by atoms with Crippen LogP contribution in [0.15, 0.2) is 27.9 Å². The van der Waals surface area contributed by atoms with Crippen LogP contribution >= 0.6 is 0 Å². The Hall–Kier alpha value is -2.80. The second-order valence-corrected chi connectivity index (χ2v) is 10.7. The van der Waals surface area contributed by atoms with Gasteiger partial charge < -0.3 is 14.5 Å². The van der Waals surface area contributed by atoms with Gasteiger partial charge in [0.1, 0.15) is 11.6 Å². The van der Waals surface area contributed by atoms with Gasteiger partial charge in [-0.3, -0.25) is 9.69 Å². The lowest BCUT2D eigenvalue weighted by atomic mass is 10.1. The summed E-state index contributed by atoms with van der Waals surface area (Å²) in [5.41, 5.74) is 1.03. The third kappa shape index (κ3) is 5.46. The molecule has 0 bridgehead atoms. The Kier molecular flexibility index (Phi) is 8.08. The molecule has 1 aromatic carbocycles. The average Bonchev–Trinajstić information content (AvgIpc) is 3.13. The van der Waals surface area contributed by atoms with Crippen molar-refractivity contribution in [2.75, 3.05) is 40.0 Å². The number of fused-ring (bicyclic) bond motifs is 1. The summed E-state index contributed by atoms with van der Waals surface area (Å²) in [6, 6.07) is 4.44. The second-order valence-electron chi connectivity index (χ2n) is 8.94. The molecule has 0 spiro atoms. The fourth-order valence-electron chi connectivity index (χ4n) is 4.43. The molecule has 12 heteroatoms. The predicted molar refractivity (Wildman–Crippen MR) is 136 cm³/mol. The molecule has 3 heterocycles. The number of rotatable bonds is 12. The van der Waals surface area contributed by atoms with Crippen molar-refractivity contribution in [1.29, 1.82) is 0 Å². The summed E-state index contributed by atoms with van der Waals surface area (Å²) in [5.74, 6) is 1.33. The van der Waals surface area contributed by atoms with Crippen LogP contribution in [0.4, 0.5) is 0 Å². The molecule has 0 unspecified atom stereocenters. The molecule has 0 amide bonds. The third-order valence-electron chi connectivity index (χ3n) is 6.13. The number of likely N-dealkylation sites (tertiary alicyclic amines) is 1. The average molecular weight is 519 g/mol. The number of hydrogen-bond donors (Lipinski definition) is 2. The standard InChI is InChI=1S/C24H34N6O5S/c1-5-8-21-25-16(3)22-24(31)26-23(27-30(21)22)19-13-18(9-10-20(19)35-6-2)36(32,33)28-17-14-29(15-17)11-7-12-34-4/h9-10,13,17,28H,5-8,11-12,14-15H2,1-4H3,(H,26,27,31). The first kappa shape index (κ1) is 26.3. The van der Waals surface area contributed by atoms with Crippen LogP contribution in [0.25, 0.3) is 16.9 Å². The number of hydrogen-bond acceptors (Lipinski definition) is 8. The Morgan fingerprint density at radius 2 is 2.03 bits per heavy atom. The zero-order chi connectivity index (χ0) is 25.9. The van der Waals surface area contributed by atoms with Crippen molar-refractivity contribution < 1.29 is 17.9 Å². The van der Waals surface area contributed by atoms with Gasteiger partial charge in [-0.1, -0.05) is 6.92 Å². The number of nitrogens with one attached hydrogen (secondary N) is 2. The zero-order valence-electron chi connectivity index (χ0n) is 21.2. The molecule has 4 rings (SSSR count). The van der Waals surface area contributed by atoms with E-state index in [4.69, 9.17) is 9.47 Å². The SMILES string of the molecule is CCCc1nc(C)c2c(=O)[nH]c(-c3cc(S(=O)(=O)NC4CN(CCCOC)C4)ccc3OCC)nn12. The Labute approximate surface area is 210 Å². The number of nitrogens with zero attached hydrogens (tertiary/aromatic N) is 4. The van der Waals surface area contributed by atoms with Gasteiger partial charge in [0.05, 0.1) is 22.8 Å². The number of methoxy groups -OCH3 is 1. The molecule has 196 valence electrons. The monoisotopic (exact) mass is 518 g/mol. The van der Waals surface area contributed by atoms with Crippen molar-refractivity contribution in [3.63, 3.8) is 0 Å². The van der Waals surface area contributed by atoms with E-state index < -0.39 is 10.0 Å². The van der Waals surface area contributed by atoms with E-state index in [-0.39, 0.29) is 22.3 Å². The topological polar surface area (TPSA) is 131 Å². The minimum Gasteiger partial charge on any atom is -0.493 e. The molecule has 3 aromatic rings. The number of aryl methyl sites for hydroxylation is 2. The van der Waals surface area contributed by atoms with Gasteiger partial charge in [-0.2, -0.15) is 0 Å². The van der Waals surface area contributed by atoms with Gasteiger partial charge in [0.2, 0.25) is 10.0 Å². The number of sulfonamides is 1. The smallest absolute Gasteiger partial charge is 0.277 e. The fourth-order valence-corrected chi connectivity index (χ4v) is 5.68. The molecule has 2 aromatic heterocycles. The number of imidazole rings is 1. The molecule has 1 aliphatic rings. The first-order valence-electron chi connectivity index (χ1n) is 12.3. The lowest BCUT2D eigenvalue weighted by molar-refractivity contribution is 0.116. The zero-order valence-corrected chi connectivity index (χ0v) is 22.0. The Morgan fingerprint density at radius 1 is 1.25 bits per heavy atom. The molecule has 0 saturated carbocycles. The van der Waals surface area contributed by atoms with Gasteiger partial charge in [-0.15, -0.1) is 5.10 Å². The van der Waals surface area contributed by atoms with Crippen LogP contribution in [-0.2, 0) is 21.2 Å². The molecular formula is C24H34N6O5S. The van der Waals surface area contributed by atoms with E-state index in [0.717, 1.165) is 19.4 Å². The first-order valence-corrected chi connectivity index (χ1v) is 13.7. The van der Waals surface area contributed by atoms with Gasteiger partial charge in [0.25, 0.3) is 5.56 Å². The van der Waals surface area contributed by atoms with E-state index >= 15 is 0 Å². The lowest BCUT2D eigenvalue weighted by Gasteiger charge is -2.39. The molecular weight excluding hydrogens is 484 g/mol. The summed E-state index contributed by atoms with van der Waals surface area (Å²) in [4.78, 5) is 22.5. The van der Waals surface area contributed by atoms with Gasteiger partial charge in [0.15, 0.2) is 11.3 Å². The minimum atomic E-state index is -3.79. The lowest BCUT2D eigenvalue weighted by Crippen LogP contribution is -2.59. The summed E-state index contributed by atoms with van der Waals surface area (Å²) in [5, 5.41) is 4.63. The molecule has 0 atom stereocenters. The summed E-state index contributed by atoms with van der Waals surface area (Å²) >= 11 is 0. The Bertz CT molecular complexity index is 1380. The maximum absolute atomic E-state index is 13.2. The number of ether oxygens (including phenoxy) is 2. The number of aromatic nitrogens is 4. The van der Waals surface area contributed by atoms with Crippen LogP contribution in [0.5, 0.6) is 5.75 Å². The van der Waals surface area contributed by atoms with Crippen molar-refractivity contribution in [2.45, 2.75) is 51.0 Å². The summed E-state index contributed by atoms with van der Waals surface area (Å²) in [6.07, 6.45) is 2.41. The molecule has 1 fully saturated rings. The van der Waals surface area contributed by atoms with E-state index in [2.05, 4.69) is 24.7 Å². The van der Waals surface area contributed by atoms with Crippen LogP contribution < -0.4 is 15.0 Å². The van der Waals surface area contributed by atoms with E-state index in [1.54, 1.807) is 24.6 Å². The summed E-state index contributed by atoms with van der Waals surface area (Å²) < 4.78 is 41.5. The van der Waals surface area contributed by atoms with Crippen LogP contribution in [0.2, 0.25) is 0 Å². The first-order chi connectivity index (χ1) is 17.3. The number of H-pyrrole nitrogens is 1. The quantitative estimate of drug-likeness (QED) is 0.347. The fraction of sp³-hybridized carbons (Fsp3) is 0.542. The van der Waals surface area contributed by atoms with Gasteiger partial charge in [-0.05, 0) is 44.9 Å². The molecule has 0 radical (unpaired) electrons.